The van der Waals surface area contributed by atoms with Crippen molar-refractivity contribution in [2.24, 2.45) is 11.8 Å². The van der Waals surface area contributed by atoms with Crippen LogP contribution in [0.15, 0.2) is 6.07 Å². The van der Waals surface area contributed by atoms with E-state index in [4.69, 9.17) is 4.74 Å². The number of hydrogen-bond donors (Lipinski definition) is 2. The minimum atomic E-state index is -0.00301. The van der Waals surface area contributed by atoms with Gasteiger partial charge in [-0.05, 0) is 37.2 Å². The maximum absolute atomic E-state index is 12.8. The molecule has 0 spiro atoms. The lowest BCUT2D eigenvalue weighted by molar-refractivity contribution is 0.0779. The molecule has 8 heteroatoms. The summed E-state index contributed by atoms with van der Waals surface area (Å²) in [5, 5.41) is 14.4. The Morgan fingerprint density at radius 1 is 1.32 bits per heavy atom. The van der Waals surface area contributed by atoms with Crippen molar-refractivity contribution in [3.8, 4) is 0 Å². The molecular formula is C17H24N6O2. The number of methoxy groups -OCH3 is 1. The van der Waals surface area contributed by atoms with Crippen LogP contribution >= 0.6 is 0 Å². The van der Waals surface area contributed by atoms with Crippen LogP contribution < -0.4 is 0 Å². The van der Waals surface area contributed by atoms with Gasteiger partial charge in [-0.2, -0.15) is 10.2 Å². The summed E-state index contributed by atoms with van der Waals surface area (Å²) in [6, 6.07) is 1.85. The first-order valence-electron chi connectivity index (χ1n) is 8.93. The maximum atomic E-state index is 12.8. The molecule has 1 aliphatic heterocycles. The summed E-state index contributed by atoms with van der Waals surface area (Å²) in [5.41, 5.74) is 1.48. The molecule has 2 aromatic heterocycles. The van der Waals surface area contributed by atoms with Crippen LogP contribution in [0.1, 0.15) is 53.5 Å². The highest BCUT2D eigenvalue weighted by molar-refractivity contribution is 5.92. The molecule has 0 bridgehead atoms. The number of nitrogens with zero attached hydrogens (tertiary/aromatic N) is 4. The highest BCUT2D eigenvalue weighted by Crippen LogP contribution is 2.47. The van der Waals surface area contributed by atoms with Crippen LogP contribution in [0.3, 0.4) is 0 Å². The van der Waals surface area contributed by atoms with Crippen molar-refractivity contribution in [1.29, 1.82) is 0 Å². The predicted molar refractivity (Wildman–Crippen MR) is 89.9 cm³/mol. The highest BCUT2D eigenvalue weighted by atomic mass is 16.5. The fourth-order valence-corrected chi connectivity index (χ4v) is 3.76. The van der Waals surface area contributed by atoms with Gasteiger partial charge in [0.1, 0.15) is 12.3 Å². The van der Waals surface area contributed by atoms with E-state index in [2.05, 4.69) is 25.4 Å². The molecule has 2 atom stereocenters. The highest BCUT2D eigenvalue weighted by Gasteiger charge is 2.46. The Labute approximate surface area is 146 Å². The molecule has 1 amide bonds. The van der Waals surface area contributed by atoms with Crippen molar-refractivity contribution < 1.29 is 9.53 Å². The molecule has 25 heavy (non-hydrogen) atoms. The van der Waals surface area contributed by atoms with Crippen molar-refractivity contribution >= 4 is 5.91 Å². The first-order valence-corrected chi connectivity index (χ1v) is 8.93. The van der Waals surface area contributed by atoms with Gasteiger partial charge in [-0.25, -0.2) is 4.98 Å². The number of aryl methyl sites for hydroxylation is 1. The number of nitrogens with one attached hydrogen (secondary N) is 2. The lowest BCUT2D eigenvalue weighted by Crippen LogP contribution is -2.29. The van der Waals surface area contributed by atoms with Crippen molar-refractivity contribution in [3.05, 3.63) is 29.1 Å². The van der Waals surface area contributed by atoms with Crippen LogP contribution in [-0.4, -0.2) is 56.4 Å². The number of H-pyrrole nitrogens is 2. The number of carbonyl (C=O) groups is 1. The number of aromatic amines is 2. The van der Waals surface area contributed by atoms with E-state index in [0.29, 0.717) is 30.7 Å². The molecule has 1 aliphatic carbocycles. The molecule has 8 nitrogen and oxygen atoms in total. The number of carbonyl (C=O) groups excluding carboxylic acids is 1. The maximum Gasteiger partial charge on any atom is 0.274 e. The fourth-order valence-electron chi connectivity index (χ4n) is 3.76. The number of aromatic nitrogens is 5. The zero-order chi connectivity index (χ0) is 17.4. The SMILES string of the molecule is CCc1cc(C(=O)N2C[C@H](c3n[nH]c(COC)n3)[C@@H](C3CC3)C2)n[nH]1. The van der Waals surface area contributed by atoms with Crippen LogP contribution in [0.25, 0.3) is 0 Å². The molecule has 2 fully saturated rings. The predicted octanol–water partition coefficient (Wildman–Crippen LogP) is 1.50. The average Bonchev–Trinajstić information content (AvgIpc) is 3.06. The third kappa shape index (κ3) is 3.18. The van der Waals surface area contributed by atoms with Crippen LogP contribution in [0.4, 0.5) is 0 Å². The van der Waals surface area contributed by atoms with E-state index in [9.17, 15) is 4.79 Å². The van der Waals surface area contributed by atoms with E-state index in [1.54, 1.807) is 7.11 Å². The zero-order valence-electron chi connectivity index (χ0n) is 14.7. The minimum absolute atomic E-state index is 0.00301. The third-order valence-electron chi connectivity index (χ3n) is 5.27. The number of amides is 1. The van der Waals surface area contributed by atoms with E-state index < -0.39 is 0 Å². The van der Waals surface area contributed by atoms with Gasteiger partial charge < -0.3 is 9.64 Å². The van der Waals surface area contributed by atoms with Gasteiger partial charge >= 0.3 is 0 Å². The second-order valence-electron chi connectivity index (χ2n) is 7.02. The smallest absolute Gasteiger partial charge is 0.274 e. The van der Waals surface area contributed by atoms with Gasteiger partial charge in [0.25, 0.3) is 5.91 Å². The molecule has 134 valence electrons. The monoisotopic (exact) mass is 344 g/mol. The Bertz CT molecular complexity index is 750. The molecule has 0 aromatic carbocycles. The van der Waals surface area contributed by atoms with Gasteiger partial charge in [0.2, 0.25) is 0 Å². The van der Waals surface area contributed by atoms with Crippen LogP contribution in [0.2, 0.25) is 0 Å². The van der Waals surface area contributed by atoms with E-state index in [1.807, 2.05) is 17.9 Å². The summed E-state index contributed by atoms with van der Waals surface area (Å²) in [7, 11) is 1.64. The van der Waals surface area contributed by atoms with E-state index in [0.717, 1.165) is 30.3 Å². The topological polar surface area (TPSA) is 99.8 Å². The van der Waals surface area contributed by atoms with Crippen molar-refractivity contribution in [2.45, 2.75) is 38.7 Å². The van der Waals surface area contributed by atoms with Gasteiger partial charge in [-0.15, -0.1) is 0 Å². The number of rotatable bonds is 6. The second-order valence-corrected chi connectivity index (χ2v) is 7.02. The molecule has 0 unspecified atom stereocenters. The lowest BCUT2D eigenvalue weighted by atomic mass is 9.91. The Morgan fingerprint density at radius 3 is 2.84 bits per heavy atom. The quantitative estimate of drug-likeness (QED) is 0.827. The first kappa shape index (κ1) is 16.3. The summed E-state index contributed by atoms with van der Waals surface area (Å²) in [6.07, 6.45) is 3.31. The normalized spacial score (nSPS) is 23.4. The summed E-state index contributed by atoms with van der Waals surface area (Å²) in [5.74, 6) is 2.82. The van der Waals surface area contributed by atoms with Gasteiger partial charge in [0, 0.05) is 31.8 Å². The van der Waals surface area contributed by atoms with E-state index in [1.165, 1.54) is 12.8 Å². The Hall–Kier alpha value is -2.22. The van der Waals surface area contributed by atoms with Gasteiger partial charge in [0.15, 0.2) is 11.6 Å². The zero-order valence-corrected chi connectivity index (χ0v) is 14.7. The largest absolute Gasteiger partial charge is 0.377 e. The second kappa shape index (κ2) is 6.59. The van der Waals surface area contributed by atoms with E-state index in [-0.39, 0.29) is 11.8 Å². The standard InChI is InChI=1S/C17H24N6O2/c1-3-11-6-14(20-19-11)17(24)23-7-12(10-4-5-10)13(8-23)16-18-15(9-25-2)21-22-16/h6,10,12-13H,3-5,7-9H2,1-2H3,(H,19,20)(H,18,21,22)/t12-,13+/m1/s1. The average molecular weight is 344 g/mol. The van der Waals surface area contributed by atoms with Crippen LogP contribution in [0, 0.1) is 11.8 Å². The first-order chi connectivity index (χ1) is 12.2. The third-order valence-corrected chi connectivity index (χ3v) is 5.27. The lowest BCUT2D eigenvalue weighted by Gasteiger charge is -2.14. The minimum Gasteiger partial charge on any atom is -0.377 e. The van der Waals surface area contributed by atoms with Gasteiger partial charge in [-0.1, -0.05) is 6.92 Å². The number of hydrogen-bond acceptors (Lipinski definition) is 5. The Morgan fingerprint density at radius 2 is 2.16 bits per heavy atom. The summed E-state index contributed by atoms with van der Waals surface area (Å²) >= 11 is 0. The van der Waals surface area contributed by atoms with Gasteiger partial charge in [-0.3, -0.25) is 15.0 Å². The summed E-state index contributed by atoms with van der Waals surface area (Å²) in [6.45, 7) is 3.87. The molecule has 2 aromatic rings. The van der Waals surface area contributed by atoms with Crippen molar-refractivity contribution in [1.82, 2.24) is 30.3 Å². The van der Waals surface area contributed by atoms with Gasteiger partial charge in [0.05, 0.1) is 0 Å². The van der Waals surface area contributed by atoms with Crippen molar-refractivity contribution in [3.63, 3.8) is 0 Å². The molecular weight excluding hydrogens is 320 g/mol. The molecule has 0 radical (unpaired) electrons. The molecule has 4 rings (SSSR count). The molecule has 2 aliphatic rings. The Balaban J connectivity index is 1.52. The summed E-state index contributed by atoms with van der Waals surface area (Å²) in [4.78, 5) is 19.3. The molecule has 3 heterocycles. The van der Waals surface area contributed by atoms with Crippen LogP contribution in [-0.2, 0) is 17.8 Å². The number of ether oxygens (including phenoxy) is 1. The van der Waals surface area contributed by atoms with Crippen LogP contribution in [0.5, 0.6) is 0 Å². The molecule has 2 N–H and O–H groups in total. The van der Waals surface area contributed by atoms with E-state index >= 15 is 0 Å². The number of likely N-dealkylation sites (tertiary alicyclic amines) is 1. The van der Waals surface area contributed by atoms with Crippen molar-refractivity contribution in [2.75, 3.05) is 20.2 Å². The molecule has 1 saturated heterocycles. The molecule has 1 saturated carbocycles. The fraction of sp³-hybridized carbons (Fsp3) is 0.647. The Kier molecular flexibility index (Phi) is 4.29. The summed E-state index contributed by atoms with van der Waals surface area (Å²) < 4.78 is 5.11.